The summed E-state index contributed by atoms with van der Waals surface area (Å²) in [7, 11) is 0. The number of hydrogen-bond donors (Lipinski definition) is 3. The normalized spacial score (nSPS) is 10.6. The van der Waals surface area contributed by atoms with E-state index in [1.54, 1.807) is 0 Å². The Bertz CT molecular complexity index is 337. The van der Waals surface area contributed by atoms with Crippen LogP contribution in [0.15, 0.2) is 0 Å². The number of carbonyl (C=O) groups excluding carboxylic acids is 1. The van der Waals surface area contributed by atoms with E-state index in [2.05, 4.69) is 19.3 Å². The van der Waals surface area contributed by atoms with Gasteiger partial charge in [0.05, 0.1) is 0 Å². The largest absolute Gasteiger partial charge is 0.366 e. The molecule has 0 aliphatic carbocycles. The second-order valence-electron chi connectivity index (χ2n) is 6.69. The van der Waals surface area contributed by atoms with Gasteiger partial charge >= 0.3 is 5.97 Å². The van der Waals surface area contributed by atoms with Crippen molar-refractivity contribution in [3.05, 3.63) is 0 Å². The Hall–Kier alpha value is -1.30. The number of rotatable bonds is 16. The molecule has 6 heteroatoms. The first kappa shape index (κ1) is 23.7. The molecule has 0 atom stereocenters. The van der Waals surface area contributed by atoms with Gasteiger partial charge in [-0.25, -0.2) is 4.79 Å². The van der Waals surface area contributed by atoms with Crippen LogP contribution in [0.25, 0.3) is 0 Å². The van der Waals surface area contributed by atoms with Gasteiger partial charge in [-0.15, -0.1) is 0 Å². The first-order valence-corrected chi connectivity index (χ1v) is 10.2. The fraction of sp³-hybridized carbons (Fsp3) is 0.895. The molecule has 0 aromatic heterocycles. The van der Waals surface area contributed by atoms with Gasteiger partial charge in [0.15, 0.2) is 0 Å². The van der Waals surface area contributed by atoms with Crippen LogP contribution < -0.4 is 11.2 Å². The van der Waals surface area contributed by atoms with Gasteiger partial charge in [0.1, 0.15) is 0 Å². The van der Waals surface area contributed by atoms with Gasteiger partial charge in [-0.2, -0.15) is 5.43 Å². The topological polar surface area (TPSA) is 91.4 Å². The Labute approximate surface area is 154 Å². The molecule has 0 bridgehead atoms. The lowest BCUT2D eigenvalue weighted by molar-refractivity contribution is -0.183. The van der Waals surface area contributed by atoms with Crippen molar-refractivity contribution in [3.63, 3.8) is 0 Å². The summed E-state index contributed by atoms with van der Waals surface area (Å²) < 4.78 is 0. The van der Waals surface area contributed by atoms with Crippen LogP contribution in [-0.4, -0.2) is 23.6 Å². The lowest BCUT2D eigenvalue weighted by atomic mass is 10.1. The highest BCUT2D eigenvalue weighted by Crippen LogP contribution is 2.09. The molecule has 6 nitrogen and oxygen atoms in total. The molecule has 0 aliphatic heterocycles. The lowest BCUT2D eigenvalue weighted by Gasteiger charge is -2.21. The van der Waals surface area contributed by atoms with E-state index in [-0.39, 0.29) is 11.9 Å². The minimum absolute atomic E-state index is 0.294. The van der Waals surface area contributed by atoms with Gasteiger partial charge in [-0.05, 0) is 12.8 Å². The van der Waals surface area contributed by atoms with Crippen molar-refractivity contribution >= 4 is 11.9 Å². The average Bonchev–Trinajstić information content (AvgIpc) is 2.59. The van der Waals surface area contributed by atoms with Gasteiger partial charge in [0.25, 0.3) is 0 Å². The highest BCUT2D eigenvalue weighted by atomic mass is 16.7. The number of nitrogens with one attached hydrogen (secondary N) is 2. The van der Waals surface area contributed by atoms with E-state index in [1.807, 2.05) is 0 Å². The molecule has 0 radical (unpaired) electrons. The summed E-state index contributed by atoms with van der Waals surface area (Å²) in [5.74, 6) is -0.635. The minimum Gasteiger partial charge on any atom is -0.366 e. The van der Waals surface area contributed by atoms with Crippen LogP contribution in [-0.2, 0) is 9.63 Å². The smallest absolute Gasteiger partial charge is 0.334 e. The maximum absolute atomic E-state index is 11.7. The van der Waals surface area contributed by atoms with Crippen molar-refractivity contribution < 1.29 is 9.63 Å². The zero-order chi connectivity index (χ0) is 18.8. The van der Waals surface area contributed by atoms with Crippen molar-refractivity contribution in [3.8, 4) is 0 Å². The predicted molar refractivity (Wildman–Crippen MR) is 104 cm³/mol. The van der Waals surface area contributed by atoms with Crippen LogP contribution in [0.5, 0.6) is 0 Å². The summed E-state index contributed by atoms with van der Waals surface area (Å²) in [5.41, 5.74) is 8.36. The summed E-state index contributed by atoms with van der Waals surface area (Å²) in [5, 5.41) is 8.47. The average molecular weight is 357 g/mol. The predicted octanol–water partition coefficient (Wildman–Crippen LogP) is 4.65. The van der Waals surface area contributed by atoms with Gasteiger partial charge in [0.2, 0.25) is 5.96 Å². The minimum atomic E-state index is -0.342. The zero-order valence-electron chi connectivity index (χ0n) is 16.4. The number of hydrogen-bond acceptors (Lipinski definition) is 4. The molecule has 0 aromatic rings. The summed E-state index contributed by atoms with van der Waals surface area (Å²) in [4.78, 5) is 16.9. The van der Waals surface area contributed by atoms with Gasteiger partial charge < -0.3 is 10.6 Å². The monoisotopic (exact) mass is 356 g/mol. The van der Waals surface area contributed by atoms with Crippen molar-refractivity contribution in [2.24, 2.45) is 5.73 Å². The second kappa shape index (κ2) is 17.5. The van der Waals surface area contributed by atoms with Crippen LogP contribution in [0.1, 0.15) is 104 Å². The Balaban J connectivity index is 3.66. The molecule has 25 heavy (non-hydrogen) atoms. The molecule has 0 saturated heterocycles. The molecule has 0 aliphatic rings. The van der Waals surface area contributed by atoms with Gasteiger partial charge in [-0.3, -0.25) is 5.41 Å². The van der Waals surface area contributed by atoms with E-state index in [0.29, 0.717) is 13.0 Å². The fourth-order valence-electron chi connectivity index (χ4n) is 2.63. The van der Waals surface area contributed by atoms with Crippen molar-refractivity contribution in [1.82, 2.24) is 10.6 Å². The third-order valence-corrected chi connectivity index (χ3v) is 4.18. The molecular formula is C19H40N4O2. The molecule has 0 amide bonds. The Morgan fingerprint density at radius 1 is 0.880 bits per heavy atom. The van der Waals surface area contributed by atoms with Crippen molar-refractivity contribution in [1.29, 1.82) is 5.41 Å². The summed E-state index contributed by atoms with van der Waals surface area (Å²) >= 11 is 0. The number of nitrogens with zero attached hydrogens (tertiary/aromatic N) is 1. The molecule has 4 N–H and O–H groups in total. The van der Waals surface area contributed by atoms with E-state index in [0.717, 1.165) is 43.7 Å². The molecule has 0 saturated carbocycles. The van der Waals surface area contributed by atoms with Crippen LogP contribution in [0, 0.1) is 5.41 Å². The Kier molecular flexibility index (Phi) is 16.6. The molecule has 0 unspecified atom stereocenters. The summed E-state index contributed by atoms with van der Waals surface area (Å²) in [6, 6.07) is 0. The molecule has 0 rings (SSSR count). The molecule has 0 fully saturated rings. The van der Waals surface area contributed by atoms with Crippen molar-refractivity contribution in [2.75, 3.05) is 6.54 Å². The number of unbranched alkanes of at least 4 members (excludes halogenated alkanes) is 11. The molecule has 0 spiro atoms. The van der Waals surface area contributed by atoms with Crippen LogP contribution in [0.4, 0.5) is 0 Å². The third kappa shape index (κ3) is 15.9. The van der Waals surface area contributed by atoms with Crippen LogP contribution in [0.3, 0.4) is 0 Å². The van der Waals surface area contributed by atoms with Gasteiger partial charge in [-0.1, -0.05) is 89.6 Å². The lowest BCUT2D eigenvalue weighted by Crippen LogP contribution is -2.47. The highest BCUT2D eigenvalue weighted by Gasteiger charge is 2.12. The summed E-state index contributed by atoms with van der Waals surface area (Å²) in [6.45, 7) is 5.02. The van der Waals surface area contributed by atoms with Gasteiger partial charge in [0, 0.05) is 13.0 Å². The quantitative estimate of drug-likeness (QED) is 0.162. The zero-order valence-corrected chi connectivity index (χ0v) is 16.4. The molecular weight excluding hydrogens is 316 g/mol. The molecule has 0 heterocycles. The van der Waals surface area contributed by atoms with Crippen LogP contribution >= 0.6 is 0 Å². The van der Waals surface area contributed by atoms with E-state index < -0.39 is 0 Å². The first-order valence-electron chi connectivity index (χ1n) is 10.2. The highest BCUT2D eigenvalue weighted by molar-refractivity contribution is 5.76. The fourth-order valence-corrected chi connectivity index (χ4v) is 2.63. The number of guanidine groups is 1. The second-order valence-corrected chi connectivity index (χ2v) is 6.69. The van der Waals surface area contributed by atoms with E-state index in [1.165, 1.54) is 44.9 Å². The number of hydrazine groups is 1. The van der Waals surface area contributed by atoms with Crippen molar-refractivity contribution in [2.45, 2.75) is 104 Å². The van der Waals surface area contributed by atoms with Crippen LogP contribution in [0.2, 0.25) is 0 Å². The maximum Gasteiger partial charge on any atom is 0.334 e. The number of carbonyl (C=O) groups is 1. The Morgan fingerprint density at radius 2 is 1.36 bits per heavy atom. The first-order chi connectivity index (χ1) is 12.1. The number of nitrogens with two attached hydrogens (primary N) is 1. The van der Waals surface area contributed by atoms with E-state index in [9.17, 15) is 4.79 Å². The van der Waals surface area contributed by atoms with E-state index in [4.69, 9.17) is 16.0 Å². The maximum atomic E-state index is 11.7. The molecule has 148 valence electrons. The number of hydroxylamine groups is 1. The molecule has 0 aromatic carbocycles. The standard InChI is InChI=1S/C19H40N4O2/c1-3-5-7-9-10-11-12-13-15-17-22-23(19(20)21)25-18(24)16-14-8-6-4-2/h22H,3-17H2,1-2H3,(H3,20,21). The van der Waals surface area contributed by atoms with E-state index >= 15 is 0 Å². The Morgan fingerprint density at radius 3 is 1.88 bits per heavy atom. The SMILES string of the molecule is CCCCCCCCCCCNN(OC(=O)CCCCCC)C(=N)N. The third-order valence-electron chi connectivity index (χ3n) is 4.18. The summed E-state index contributed by atoms with van der Waals surface area (Å²) in [6.07, 6.45) is 15.8.